The number of ether oxygens (including phenoxy) is 1. The van der Waals surface area contributed by atoms with Crippen molar-refractivity contribution in [1.29, 1.82) is 0 Å². The molecule has 1 fully saturated rings. The predicted octanol–water partition coefficient (Wildman–Crippen LogP) is 4.85. The summed E-state index contributed by atoms with van der Waals surface area (Å²) in [6.07, 6.45) is 2.20. The van der Waals surface area contributed by atoms with E-state index in [1.165, 1.54) is 0 Å². The summed E-state index contributed by atoms with van der Waals surface area (Å²) in [6.45, 7) is 6.50. The molecule has 0 aliphatic carbocycles. The zero-order chi connectivity index (χ0) is 18.5. The van der Waals surface area contributed by atoms with Crippen molar-refractivity contribution in [2.45, 2.75) is 38.8 Å². The number of halogens is 1. The Morgan fingerprint density at radius 2 is 1.81 bits per heavy atom. The molecule has 3 rings (SSSR count). The Hall–Kier alpha value is -2.04. The molecule has 2 aromatic rings. The third-order valence-corrected chi connectivity index (χ3v) is 5.09. The molecule has 0 N–H and O–H groups in total. The lowest BCUT2D eigenvalue weighted by Crippen LogP contribution is -2.50. The predicted molar refractivity (Wildman–Crippen MR) is 112 cm³/mol. The summed E-state index contributed by atoms with van der Waals surface area (Å²) in [5.74, 6) is 1.51. The Labute approximate surface area is 168 Å². The number of carbonyl (C=O) groups excluding carboxylic acids is 1. The van der Waals surface area contributed by atoms with Gasteiger partial charge in [-0.15, -0.1) is 12.4 Å². The zero-order valence-electron chi connectivity index (χ0n) is 16.3. The van der Waals surface area contributed by atoms with Crippen molar-refractivity contribution in [2.24, 2.45) is 0 Å². The molecule has 0 radical (unpaired) electrons. The number of likely N-dealkylation sites (tertiary alicyclic amines) is 1. The van der Waals surface area contributed by atoms with Crippen LogP contribution < -0.4 is 4.74 Å². The summed E-state index contributed by atoms with van der Waals surface area (Å²) in [7, 11) is 1.92. The highest BCUT2D eigenvalue weighted by Gasteiger charge is 2.27. The second-order valence-electron chi connectivity index (χ2n) is 7.24. The average molecular weight is 389 g/mol. The van der Waals surface area contributed by atoms with Crippen molar-refractivity contribution in [3.05, 3.63) is 60.2 Å². The van der Waals surface area contributed by atoms with E-state index in [9.17, 15) is 4.79 Å². The molecule has 0 saturated carbocycles. The van der Waals surface area contributed by atoms with E-state index in [0.29, 0.717) is 17.4 Å². The number of likely N-dealkylation sites (N-methyl/N-ethyl adjacent to an activating group) is 1. The second-order valence-corrected chi connectivity index (χ2v) is 7.24. The van der Waals surface area contributed by atoms with Crippen molar-refractivity contribution in [2.75, 3.05) is 20.1 Å². The fraction of sp³-hybridized carbons (Fsp3) is 0.409. The SMILES string of the molecule is CC(C)N1CCCC(N(C)C(=O)c2cccc(Oc3ccccc3)c2)C1.Cl. The van der Waals surface area contributed by atoms with Gasteiger partial charge in [0.05, 0.1) is 0 Å². The van der Waals surface area contributed by atoms with E-state index >= 15 is 0 Å². The monoisotopic (exact) mass is 388 g/mol. The van der Waals surface area contributed by atoms with Crippen molar-refractivity contribution >= 4 is 18.3 Å². The van der Waals surface area contributed by atoms with Crippen LogP contribution in [0.1, 0.15) is 37.0 Å². The molecule has 1 aliphatic rings. The first kappa shape index (κ1) is 21.3. The van der Waals surface area contributed by atoms with Gasteiger partial charge in [0.2, 0.25) is 0 Å². The Morgan fingerprint density at radius 3 is 2.52 bits per heavy atom. The molecule has 27 heavy (non-hydrogen) atoms. The zero-order valence-corrected chi connectivity index (χ0v) is 17.1. The van der Waals surface area contributed by atoms with Gasteiger partial charge in [-0.2, -0.15) is 0 Å². The van der Waals surface area contributed by atoms with Crippen molar-refractivity contribution in [1.82, 2.24) is 9.80 Å². The molecule has 5 heteroatoms. The van der Waals surface area contributed by atoms with E-state index in [0.717, 1.165) is 31.7 Å². The molecule has 1 unspecified atom stereocenters. The lowest BCUT2D eigenvalue weighted by Gasteiger charge is -2.39. The Bertz CT molecular complexity index is 736. The summed E-state index contributed by atoms with van der Waals surface area (Å²) in [5, 5.41) is 0. The molecule has 0 bridgehead atoms. The van der Waals surface area contributed by atoms with Crippen LogP contribution >= 0.6 is 12.4 Å². The van der Waals surface area contributed by atoms with E-state index in [-0.39, 0.29) is 24.4 Å². The maximum absolute atomic E-state index is 13.0. The smallest absolute Gasteiger partial charge is 0.254 e. The molecular formula is C22H29ClN2O2. The van der Waals surface area contributed by atoms with Crippen LogP contribution in [0.2, 0.25) is 0 Å². The van der Waals surface area contributed by atoms with Crippen LogP contribution in [-0.2, 0) is 0 Å². The maximum Gasteiger partial charge on any atom is 0.254 e. The molecule has 1 amide bonds. The summed E-state index contributed by atoms with van der Waals surface area (Å²) < 4.78 is 5.86. The minimum absolute atomic E-state index is 0. The number of nitrogens with zero attached hydrogens (tertiary/aromatic N) is 2. The molecule has 2 aromatic carbocycles. The molecular weight excluding hydrogens is 360 g/mol. The van der Waals surface area contributed by atoms with Crippen LogP contribution in [0.3, 0.4) is 0 Å². The fourth-order valence-corrected chi connectivity index (χ4v) is 3.46. The number of hydrogen-bond donors (Lipinski definition) is 0. The Morgan fingerprint density at radius 1 is 1.11 bits per heavy atom. The van der Waals surface area contributed by atoms with Crippen LogP contribution in [0.4, 0.5) is 0 Å². The topological polar surface area (TPSA) is 32.8 Å². The van der Waals surface area contributed by atoms with Crippen LogP contribution in [0.15, 0.2) is 54.6 Å². The summed E-state index contributed by atoms with van der Waals surface area (Å²) in [6, 6.07) is 17.9. The number of benzene rings is 2. The Balaban J connectivity index is 0.00000261. The Kier molecular flexibility index (Phi) is 7.69. The maximum atomic E-state index is 13.0. The van der Waals surface area contributed by atoms with Crippen LogP contribution in [0.25, 0.3) is 0 Å². The average Bonchev–Trinajstić information content (AvgIpc) is 2.68. The number of amides is 1. The highest BCUT2D eigenvalue weighted by Crippen LogP contribution is 2.24. The van der Waals surface area contributed by atoms with Gasteiger partial charge in [0.25, 0.3) is 5.91 Å². The number of carbonyl (C=O) groups is 1. The molecule has 146 valence electrons. The molecule has 1 aliphatic heterocycles. The third-order valence-electron chi connectivity index (χ3n) is 5.09. The first-order chi connectivity index (χ1) is 12.5. The van der Waals surface area contributed by atoms with E-state index in [2.05, 4.69) is 18.7 Å². The molecule has 4 nitrogen and oxygen atoms in total. The first-order valence-corrected chi connectivity index (χ1v) is 9.39. The van der Waals surface area contributed by atoms with Crippen LogP contribution in [0, 0.1) is 0 Å². The van der Waals surface area contributed by atoms with Gasteiger partial charge in [-0.1, -0.05) is 24.3 Å². The number of hydrogen-bond acceptors (Lipinski definition) is 3. The van der Waals surface area contributed by atoms with Crippen LogP contribution in [-0.4, -0.2) is 47.9 Å². The van der Waals surface area contributed by atoms with E-state index in [1.54, 1.807) is 0 Å². The fourth-order valence-electron chi connectivity index (χ4n) is 3.46. The molecule has 0 spiro atoms. The van der Waals surface area contributed by atoms with Crippen molar-refractivity contribution in [3.63, 3.8) is 0 Å². The van der Waals surface area contributed by atoms with Gasteiger partial charge in [-0.25, -0.2) is 0 Å². The van der Waals surface area contributed by atoms with Gasteiger partial charge in [0.15, 0.2) is 0 Å². The first-order valence-electron chi connectivity index (χ1n) is 9.39. The minimum Gasteiger partial charge on any atom is -0.457 e. The van der Waals surface area contributed by atoms with Gasteiger partial charge in [0.1, 0.15) is 11.5 Å². The van der Waals surface area contributed by atoms with Crippen molar-refractivity contribution < 1.29 is 9.53 Å². The lowest BCUT2D eigenvalue weighted by molar-refractivity contribution is 0.0575. The molecule has 1 heterocycles. The third kappa shape index (κ3) is 5.47. The largest absolute Gasteiger partial charge is 0.457 e. The minimum atomic E-state index is 0. The summed E-state index contributed by atoms with van der Waals surface area (Å²) in [4.78, 5) is 17.3. The summed E-state index contributed by atoms with van der Waals surface area (Å²) >= 11 is 0. The van der Waals surface area contributed by atoms with Gasteiger partial charge >= 0.3 is 0 Å². The van der Waals surface area contributed by atoms with Gasteiger partial charge in [-0.3, -0.25) is 9.69 Å². The molecule has 0 aromatic heterocycles. The summed E-state index contributed by atoms with van der Waals surface area (Å²) in [5.41, 5.74) is 0.669. The van der Waals surface area contributed by atoms with Crippen molar-refractivity contribution in [3.8, 4) is 11.5 Å². The highest BCUT2D eigenvalue weighted by atomic mass is 35.5. The van der Waals surface area contributed by atoms with Gasteiger partial charge < -0.3 is 9.64 Å². The number of para-hydroxylation sites is 1. The van der Waals surface area contributed by atoms with E-state index in [4.69, 9.17) is 4.74 Å². The standard InChI is InChI=1S/C22H28N2O2.ClH/c1-17(2)24-14-8-10-19(16-24)23(3)22(25)18-9-7-13-21(15-18)26-20-11-5-4-6-12-20;/h4-7,9,11-13,15,17,19H,8,10,14,16H2,1-3H3;1H. The van der Waals surface area contributed by atoms with E-state index in [1.807, 2.05) is 66.5 Å². The van der Waals surface area contributed by atoms with E-state index < -0.39 is 0 Å². The molecule has 1 atom stereocenters. The van der Waals surface area contributed by atoms with Crippen LogP contribution in [0.5, 0.6) is 11.5 Å². The second kappa shape index (κ2) is 9.77. The quantitative estimate of drug-likeness (QED) is 0.734. The normalized spacial score (nSPS) is 17.3. The van der Waals surface area contributed by atoms with Gasteiger partial charge in [0, 0.05) is 31.2 Å². The highest BCUT2D eigenvalue weighted by molar-refractivity contribution is 5.94. The number of rotatable bonds is 5. The molecule has 1 saturated heterocycles. The number of piperidine rings is 1. The van der Waals surface area contributed by atoms with Gasteiger partial charge in [-0.05, 0) is 63.6 Å². The lowest BCUT2D eigenvalue weighted by atomic mass is 10.0.